The Morgan fingerprint density at radius 1 is 1.12 bits per heavy atom. The van der Waals surface area contributed by atoms with Crippen LogP contribution in [0.1, 0.15) is 15.9 Å². The van der Waals surface area contributed by atoms with E-state index >= 15 is 0 Å². The molecular formula is C16H13ClF2N2O3. The van der Waals surface area contributed by atoms with Crippen molar-refractivity contribution in [2.24, 2.45) is 0 Å². The van der Waals surface area contributed by atoms with Crippen molar-refractivity contribution in [1.29, 1.82) is 0 Å². The maximum atomic E-state index is 13.7. The van der Waals surface area contributed by atoms with E-state index in [1.54, 1.807) is 24.3 Å². The summed E-state index contributed by atoms with van der Waals surface area (Å²) in [6.07, 6.45) is 0. The first-order valence-electron chi connectivity index (χ1n) is 6.77. The number of esters is 1. The zero-order valence-electron chi connectivity index (χ0n) is 12.5. The summed E-state index contributed by atoms with van der Waals surface area (Å²) in [7, 11) is 1.07. The van der Waals surface area contributed by atoms with E-state index in [-0.39, 0.29) is 12.2 Å². The van der Waals surface area contributed by atoms with E-state index in [4.69, 9.17) is 11.6 Å². The second-order valence-electron chi connectivity index (χ2n) is 4.74. The number of urea groups is 1. The fraction of sp³-hybridized carbons (Fsp3) is 0.125. The molecule has 0 saturated carbocycles. The largest absolute Gasteiger partial charge is 0.465 e. The molecular weight excluding hydrogens is 342 g/mol. The highest BCUT2D eigenvalue weighted by atomic mass is 35.5. The molecule has 0 spiro atoms. The monoisotopic (exact) mass is 354 g/mol. The van der Waals surface area contributed by atoms with Crippen molar-refractivity contribution in [2.75, 3.05) is 12.4 Å². The molecule has 0 unspecified atom stereocenters. The minimum Gasteiger partial charge on any atom is -0.465 e. The van der Waals surface area contributed by atoms with Crippen molar-refractivity contribution < 1.29 is 23.1 Å². The van der Waals surface area contributed by atoms with Gasteiger partial charge in [0.25, 0.3) is 0 Å². The molecule has 0 saturated heterocycles. The van der Waals surface area contributed by atoms with Crippen LogP contribution in [0.3, 0.4) is 0 Å². The summed E-state index contributed by atoms with van der Waals surface area (Å²) in [5.41, 5.74) is -0.0401. The number of anilines is 1. The van der Waals surface area contributed by atoms with Gasteiger partial charge in [-0.25, -0.2) is 18.4 Å². The number of carbonyl (C=O) groups excluding carboxylic acids is 2. The van der Waals surface area contributed by atoms with Crippen LogP contribution in [-0.2, 0) is 11.3 Å². The highest BCUT2D eigenvalue weighted by Crippen LogP contribution is 2.20. The Morgan fingerprint density at radius 3 is 2.42 bits per heavy atom. The number of hydrogen-bond acceptors (Lipinski definition) is 3. The van der Waals surface area contributed by atoms with Crippen LogP contribution in [-0.4, -0.2) is 19.1 Å². The lowest BCUT2D eigenvalue weighted by atomic mass is 10.2. The molecule has 2 rings (SSSR count). The molecule has 0 aliphatic heterocycles. The first kappa shape index (κ1) is 17.7. The van der Waals surface area contributed by atoms with Gasteiger partial charge in [0.05, 0.1) is 18.4 Å². The Labute approximate surface area is 141 Å². The Morgan fingerprint density at radius 2 is 1.79 bits per heavy atom. The first-order valence-corrected chi connectivity index (χ1v) is 7.15. The Hall–Kier alpha value is -2.67. The summed E-state index contributed by atoms with van der Waals surface area (Å²) in [6.45, 7) is 0.176. The lowest BCUT2D eigenvalue weighted by molar-refractivity contribution is 0.0595. The predicted molar refractivity (Wildman–Crippen MR) is 85.0 cm³/mol. The molecule has 0 aliphatic carbocycles. The molecule has 24 heavy (non-hydrogen) atoms. The Bertz CT molecular complexity index is 767. The molecule has 2 aromatic carbocycles. The Balaban J connectivity index is 2.05. The van der Waals surface area contributed by atoms with Crippen LogP contribution >= 0.6 is 11.6 Å². The van der Waals surface area contributed by atoms with Gasteiger partial charge in [0.15, 0.2) is 0 Å². The van der Waals surface area contributed by atoms with Crippen molar-refractivity contribution in [3.05, 3.63) is 64.2 Å². The number of halogens is 3. The van der Waals surface area contributed by atoms with Gasteiger partial charge in [-0.15, -0.1) is 0 Å². The van der Waals surface area contributed by atoms with Crippen LogP contribution in [0.2, 0.25) is 5.02 Å². The third-order valence-electron chi connectivity index (χ3n) is 3.08. The van der Waals surface area contributed by atoms with Gasteiger partial charge in [-0.2, -0.15) is 0 Å². The number of nitrogens with one attached hydrogen (secondary N) is 2. The zero-order valence-corrected chi connectivity index (χ0v) is 13.3. The molecule has 0 aliphatic rings. The fourth-order valence-corrected chi connectivity index (χ4v) is 1.99. The molecule has 5 nitrogen and oxygen atoms in total. The second-order valence-corrected chi connectivity index (χ2v) is 5.17. The minimum atomic E-state index is -1.08. The van der Waals surface area contributed by atoms with Gasteiger partial charge in [0, 0.05) is 17.6 Å². The molecule has 0 aromatic heterocycles. The van der Waals surface area contributed by atoms with Crippen LogP contribution in [0.4, 0.5) is 19.3 Å². The number of amides is 2. The molecule has 0 heterocycles. The van der Waals surface area contributed by atoms with Gasteiger partial charge in [-0.3, -0.25) is 0 Å². The van der Waals surface area contributed by atoms with Gasteiger partial charge in [-0.1, -0.05) is 23.7 Å². The van der Waals surface area contributed by atoms with Crippen molar-refractivity contribution in [3.8, 4) is 0 Å². The van der Waals surface area contributed by atoms with E-state index in [9.17, 15) is 18.4 Å². The lowest BCUT2D eigenvalue weighted by Gasteiger charge is -2.10. The molecule has 2 N–H and O–H groups in total. The molecule has 0 radical (unpaired) electrons. The third kappa shape index (κ3) is 4.42. The van der Waals surface area contributed by atoms with E-state index in [1.165, 1.54) is 0 Å². The smallest absolute Gasteiger partial charge is 0.340 e. The molecule has 0 bridgehead atoms. The van der Waals surface area contributed by atoms with Gasteiger partial charge in [-0.05, 0) is 23.8 Å². The van der Waals surface area contributed by atoms with Crippen molar-refractivity contribution in [2.45, 2.75) is 6.54 Å². The number of ether oxygens (including phenoxy) is 1. The van der Waals surface area contributed by atoms with Crippen molar-refractivity contribution >= 4 is 29.3 Å². The lowest BCUT2D eigenvalue weighted by Crippen LogP contribution is -2.28. The van der Waals surface area contributed by atoms with Gasteiger partial charge < -0.3 is 15.4 Å². The van der Waals surface area contributed by atoms with E-state index in [1.807, 2.05) is 0 Å². The quantitative estimate of drug-likeness (QED) is 0.822. The van der Waals surface area contributed by atoms with Gasteiger partial charge in [0.1, 0.15) is 11.6 Å². The van der Waals surface area contributed by atoms with Crippen LogP contribution in [0, 0.1) is 11.6 Å². The zero-order chi connectivity index (χ0) is 17.7. The average molecular weight is 355 g/mol. The van der Waals surface area contributed by atoms with Crippen LogP contribution in [0.5, 0.6) is 0 Å². The normalized spacial score (nSPS) is 10.2. The van der Waals surface area contributed by atoms with Crippen LogP contribution in [0.15, 0.2) is 36.4 Å². The van der Waals surface area contributed by atoms with Crippen molar-refractivity contribution in [3.63, 3.8) is 0 Å². The SMILES string of the molecule is COC(=O)c1cc(NC(=O)NCc2ccc(Cl)cc2)c(F)cc1F. The molecule has 2 aromatic rings. The van der Waals surface area contributed by atoms with E-state index in [2.05, 4.69) is 15.4 Å². The van der Waals surface area contributed by atoms with Crippen molar-refractivity contribution in [1.82, 2.24) is 5.32 Å². The first-order chi connectivity index (χ1) is 11.4. The van der Waals surface area contributed by atoms with E-state index < -0.39 is 29.2 Å². The molecule has 0 fully saturated rings. The van der Waals surface area contributed by atoms with E-state index in [0.717, 1.165) is 18.7 Å². The summed E-state index contributed by atoms with van der Waals surface area (Å²) in [5, 5.41) is 5.28. The van der Waals surface area contributed by atoms with Crippen LogP contribution in [0.25, 0.3) is 0 Å². The number of rotatable bonds is 4. The maximum absolute atomic E-state index is 13.7. The third-order valence-corrected chi connectivity index (χ3v) is 3.33. The average Bonchev–Trinajstić information content (AvgIpc) is 2.56. The van der Waals surface area contributed by atoms with Gasteiger partial charge in [0.2, 0.25) is 0 Å². The molecule has 0 atom stereocenters. The summed E-state index contributed by atoms with van der Waals surface area (Å²) in [6, 6.07) is 7.43. The fourth-order valence-electron chi connectivity index (χ4n) is 1.86. The summed E-state index contributed by atoms with van der Waals surface area (Å²) in [5.74, 6) is -3.06. The van der Waals surface area contributed by atoms with Gasteiger partial charge >= 0.3 is 12.0 Å². The number of hydrogen-bond donors (Lipinski definition) is 2. The van der Waals surface area contributed by atoms with E-state index in [0.29, 0.717) is 11.1 Å². The molecule has 2 amide bonds. The topological polar surface area (TPSA) is 67.4 Å². The molecule has 8 heteroatoms. The van der Waals surface area contributed by atoms with Crippen LogP contribution < -0.4 is 10.6 Å². The standard InChI is InChI=1S/C16H13ClF2N2O3/c1-24-15(22)11-6-14(13(19)7-12(11)18)21-16(23)20-8-9-2-4-10(17)5-3-9/h2-7H,8H2,1H3,(H2,20,21,23). The summed E-state index contributed by atoms with van der Waals surface area (Å²) in [4.78, 5) is 23.2. The minimum absolute atomic E-state index is 0.176. The predicted octanol–water partition coefficient (Wildman–Crippen LogP) is 3.73. The number of methoxy groups -OCH3 is 1. The highest BCUT2D eigenvalue weighted by Gasteiger charge is 2.17. The summed E-state index contributed by atoms with van der Waals surface area (Å²) >= 11 is 5.75. The highest BCUT2D eigenvalue weighted by molar-refractivity contribution is 6.30. The number of benzene rings is 2. The summed E-state index contributed by atoms with van der Waals surface area (Å²) < 4.78 is 31.6. The maximum Gasteiger partial charge on any atom is 0.340 e. The number of carbonyl (C=O) groups is 2. The second kappa shape index (κ2) is 7.74. The Kier molecular flexibility index (Phi) is 5.70. The molecule has 126 valence electrons.